The number of carbonyl (C=O) groups is 1. The molecule has 2 aromatic rings. The van der Waals surface area contributed by atoms with Crippen LogP contribution in [0, 0.1) is 0 Å². The third-order valence-electron chi connectivity index (χ3n) is 3.79. The number of rotatable bonds is 2. The first-order chi connectivity index (χ1) is 9.57. The Morgan fingerprint density at radius 2 is 2.10 bits per heavy atom. The van der Waals surface area contributed by atoms with Gasteiger partial charge < -0.3 is 10.4 Å². The van der Waals surface area contributed by atoms with Gasteiger partial charge in [0.05, 0.1) is 0 Å². The van der Waals surface area contributed by atoms with E-state index >= 15 is 0 Å². The molecule has 2 heterocycles. The van der Waals surface area contributed by atoms with Gasteiger partial charge in [0.2, 0.25) is 5.91 Å². The quantitative estimate of drug-likeness (QED) is 0.878. The number of nitrogens with zero attached hydrogens (tertiary/aromatic N) is 1. The Labute approximate surface area is 117 Å². The summed E-state index contributed by atoms with van der Waals surface area (Å²) in [5.74, 6) is 0.0456. The molecular weight excluding hydrogens is 252 g/mol. The summed E-state index contributed by atoms with van der Waals surface area (Å²) in [5, 5.41) is 13.6. The number of pyridine rings is 1. The summed E-state index contributed by atoms with van der Waals surface area (Å²) in [6, 6.07) is 9.32. The number of amides is 1. The van der Waals surface area contributed by atoms with Crippen LogP contribution in [0.2, 0.25) is 0 Å². The zero-order chi connectivity index (χ0) is 14.2. The molecule has 1 unspecified atom stereocenters. The molecule has 102 valence electrons. The van der Waals surface area contributed by atoms with Gasteiger partial charge in [-0.25, -0.2) is 0 Å². The number of hydrogen-bond acceptors (Lipinski definition) is 3. The fourth-order valence-electron chi connectivity index (χ4n) is 2.50. The highest BCUT2D eigenvalue weighted by Crippen LogP contribution is 2.32. The Balaban J connectivity index is 2.01. The highest BCUT2D eigenvalue weighted by Gasteiger charge is 2.27. The molecule has 0 spiro atoms. The van der Waals surface area contributed by atoms with Crippen molar-refractivity contribution in [2.45, 2.75) is 25.4 Å². The van der Waals surface area contributed by atoms with Gasteiger partial charge >= 0.3 is 0 Å². The van der Waals surface area contributed by atoms with Gasteiger partial charge in [0.25, 0.3) is 0 Å². The molecule has 0 fully saturated rings. The molecule has 3 rings (SSSR count). The van der Waals surface area contributed by atoms with Gasteiger partial charge in [-0.2, -0.15) is 0 Å². The number of aromatic nitrogens is 1. The Morgan fingerprint density at radius 1 is 1.25 bits per heavy atom. The lowest BCUT2D eigenvalue weighted by Gasteiger charge is -2.26. The second kappa shape index (κ2) is 4.72. The molecular formula is C16H16N2O2. The van der Waals surface area contributed by atoms with Crippen molar-refractivity contribution < 1.29 is 9.90 Å². The molecule has 2 N–H and O–H groups in total. The van der Waals surface area contributed by atoms with Crippen LogP contribution >= 0.6 is 0 Å². The molecule has 1 atom stereocenters. The molecule has 1 aromatic carbocycles. The molecule has 0 saturated carbocycles. The summed E-state index contributed by atoms with van der Waals surface area (Å²) < 4.78 is 0. The van der Waals surface area contributed by atoms with Crippen molar-refractivity contribution in [1.29, 1.82) is 0 Å². The van der Waals surface area contributed by atoms with Crippen molar-refractivity contribution in [3.05, 3.63) is 59.4 Å². The van der Waals surface area contributed by atoms with E-state index in [9.17, 15) is 9.90 Å². The molecule has 1 aromatic heterocycles. The standard InChI is InChI=1S/C16H16N2O2/c1-16(20,13-3-2-8-17-10-13)12-5-6-14-11(9-12)4-7-15(19)18-14/h2-3,5-6,8-10,20H,4,7H2,1H3,(H,18,19). The zero-order valence-corrected chi connectivity index (χ0v) is 11.3. The predicted octanol–water partition coefficient (Wildman–Crippen LogP) is 2.22. The van der Waals surface area contributed by atoms with E-state index in [0.29, 0.717) is 12.8 Å². The maximum atomic E-state index is 11.4. The van der Waals surface area contributed by atoms with Crippen molar-refractivity contribution in [2.75, 3.05) is 5.32 Å². The number of nitrogens with one attached hydrogen (secondary N) is 1. The molecule has 0 bridgehead atoms. The van der Waals surface area contributed by atoms with E-state index in [0.717, 1.165) is 22.4 Å². The third kappa shape index (κ3) is 2.18. The molecule has 4 heteroatoms. The second-order valence-electron chi connectivity index (χ2n) is 5.23. The number of anilines is 1. The SMILES string of the molecule is CC(O)(c1cccnc1)c1ccc2c(c1)CCC(=O)N2. The van der Waals surface area contributed by atoms with E-state index in [1.54, 1.807) is 19.3 Å². The fourth-order valence-corrected chi connectivity index (χ4v) is 2.50. The largest absolute Gasteiger partial charge is 0.381 e. The van der Waals surface area contributed by atoms with Crippen molar-refractivity contribution in [3.63, 3.8) is 0 Å². The topological polar surface area (TPSA) is 62.2 Å². The lowest BCUT2D eigenvalue weighted by atomic mass is 9.87. The summed E-state index contributed by atoms with van der Waals surface area (Å²) in [5.41, 5.74) is 2.36. The van der Waals surface area contributed by atoms with Crippen LogP contribution in [0.1, 0.15) is 30.0 Å². The van der Waals surface area contributed by atoms with Crippen LogP contribution in [-0.2, 0) is 16.8 Å². The van der Waals surface area contributed by atoms with Crippen LogP contribution in [0.25, 0.3) is 0 Å². The summed E-state index contributed by atoms with van der Waals surface area (Å²) in [7, 11) is 0. The first kappa shape index (κ1) is 12.8. The van der Waals surface area contributed by atoms with E-state index in [1.807, 2.05) is 30.3 Å². The van der Waals surface area contributed by atoms with Crippen LogP contribution in [0.5, 0.6) is 0 Å². The van der Waals surface area contributed by atoms with E-state index in [2.05, 4.69) is 10.3 Å². The van der Waals surface area contributed by atoms with Gasteiger partial charge in [-0.3, -0.25) is 9.78 Å². The van der Waals surface area contributed by atoms with Gasteiger partial charge in [-0.05, 0) is 36.6 Å². The molecule has 0 aliphatic carbocycles. The number of fused-ring (bicyclic) bond motifs is 1. The molecule has 1 amide bonds. The normalized spacial score (nSPS) is 17.0. The summed E-state index contributed by atoms with van der Waals surface area (Å²) in [6.45, 7) is 1.76. The molecule has 1 aliphatic rings. The summed E-state index contributed by atoms with van der Waals surface area (Å²) >= 11 is 0. The first-order valence-corrected chi connectivity index (χ1v) is 6.63. The number of hydrogen-bond donors (Lipinski definition) is 2. The lowest BCUT2D eigenvalue weighted by molar-refractivity contribution is -0.116. The van der Waals surface area contributed by atoms with Crippen LogP contribution < -0.4 is 5.32 Å². The van der Waals surface area contributed by atoms with Gasteiger partial charge in [0, 0.05) is 30.1 Å². The van der Waals surface area contributed by atoms with E-state index in [1.165, 1.54) is 0 Å². The minimum Gasteiger partial charge on any atom is -0.381 e. The monoisotopic (exact) mass is 268 g/mol. The van der Waals surface area contributed by atoms with Crippen LogP contribution in [0.4, 0.5) is 5.69 Å². The van der Waals surface area contributed by atoms with Crippen molar-refractivity contribution >= 4 is 11.6 Å². The maximum Gasteiger partial charge on any atom is 0.224 e. The Hall–Kier alpha value is -2.20. The van der Waals surface area contributed by atoms with E-state index < -0.39 is 5.60 Å². The lowest BCUT2D eigenvalue weighted by Crippen LogP contribution is -2.24. The van der Waals surface area contributed by atoms with E-state index in [4.69, 9.17) is 0 Å². The highest BCUT2D eigenvalue weighted by atomic mass is 16.3. The first-order valence-electron chi connectivity index (χ1n) is 6.63. The number of carbonyl (C=O) groups excluding carboxylic acids is 1. The van der Waals surface area contributed by atoms with Gasteiger partial charge in [0.15, 0.2) is 0 Å². The fraction of sp³-hybridized carbons (Fsp3) is 0.250. The van der Waals surface area contributed by atoms with Crippen LogP contribution in [0.15, 0.2) is 42.7 Å². The zero-order valence-electron chi connectivity index (χ0n) is 11.3. The highest BCUT2D eigenvalue weighted by molar-refractivity contribution is 5.93. The minimum absolute atomic E-state index is 0.0456. The predicted molar refractivity (Wildman–Crippen MR) is 76.3 cm³/mol. The maximum absolute atomic E-state index is 11.4. The van der Waals surface area contributed by atoms with Crippen LogP contribution in [0.3, 0.4) is 0 Å². The number of benzene rings is 1. The average Bonchev–Trinajstić information content (AvgIpc) is 2.47. The van der Waals surface area contributed by atoms with Crippen molar-refractivity contribution in [1.82, 2.24) is 4.98 Å². The van der Waals surface area contributed by atoms with Gasteiger partial charge in [0.1, 0.15) is 5.60 Å². The molecule has 1 aliphatic heterocycles. The van der Waals surface area contributed by atoms with E-state index in [-0.39, 0.29) is 5.91 Å². The Kier molecular flexibility index (Phi) is 3.03. The second-order valence-corrected chi connectivity index (χ2v) is 5.23. The Morgan fingerprint density at radius 3 is 2.85 bits per heavy atom. The minimum atomic E-state index is -1.09. The molecule has 4 nitrogen and oxygen atoms in total. The summed E-state index contributed by atoms with van der Waals surface area (Å²) in [6.07, 6.45) is 4.55. The van der Waals surface area contributed by atoms with Crippen molar-refractivity contribution in [2.24, 2.45) is 0 Å². The van der Waals surface area contributed by atoms with Crippen LogP contribution in [-0.4, -0.2) is 16.0 Å². The smallest absolute Gasteiger partial charge is 0.224 e. The van der Waals surface area contributed by atoms with Crippen molar-refractivity contribution in [3.8, 4) is 0 Å². The number of aryl methyl sites for hydroxylation is 1. The Bertz CT molecular complexity index is 651. The van der Waals surface area contributed by atoms with Gasteiger partial charge in [-0.15, -0.1) is 0 Å². The number of aliphatic hydroxyl groups is 1. The summed E-state index contributed by atoms with van der Waals surface area (Å²) in [4.78, 5) is 15.4. The van der Waals surface area contributed by atoms with Gasteiger partial charge in [-0.1, -0.05) is 18.2 Å². The third-order valence-corrected chi connectivity index (χ3v) is 3.79. The molecule has 0 radical (unpaired) electrons. The molecule has 0 saturated heterocycles. The molecule has 20 heavy (non-hydrogen) atoms. The average molecular weight is 268 g/mol.